The Hall–Kier alpha value is -1.55. The Labute approximate surface area is 128 Å². The third-order valence-corrected chi connectivity index (χ3v) is 3.74. The molecule has 0 aliphatic carbocycles. The molecule has 0 bridgehead atoms. The summed E-state index contributed by atoms with van der Waals surface area (Å²) >= 11 is 0. The SMILES string of the molecule is CC.CNC(=O)NCc1cc(C)ccc1C1CCNCC1. The molecule has 1 aromatic rings. The van der Waals surface area contributed by atoms with Gasteiger partial charge in [0.1, 0.15) is 0 Å². The van der Waals surface area contributed by atoms with Crippen LogP contribution >= 0.6 is 0 Å². The van der Waals surface area contributed by atoms with Crippen LogP contribution in [-0.2, 0) is 6.54 Å². The van der Waals surface area contributed by atoms with Crippen molar-refractivity contribution in [1.82, 2.24) is 16.0 Å². The molecule has 2 rings (SSSR count). The molecule has 2 amide bonds. The van der Waals surface area contributed by atoms with Crippen LogP contribution in [0.15, 0.2) is 18.2 Å². The molecule has 118 valence electrons. The molecule has 0 unspecified atom stereocenters. The van der Waals surface area contributed by atoms with Gasteiger partial charge in [0.25, 0.3) is 0 Å². The summed E-state index contributed by atoms with van der Waals surface area (Å²) in [6, 6.07) is 6.46. The molecular weight excluding hydrogens is 262 g/mol. The first-order valence-electron chi connectivity index (χ1n) is 7.96. The summed E-state index contributed by atoms with van der Waals surface area (Å²) in [5, 5.41) is 8.87. The zero-order chi connectivity index (χ0) is 15.7. The Morgan fingerprint density at radius 1 is 1.29 bits per heavy atom. The van der Waals surface area contributed by atoms with Crippen molar-refractivity contribution in [2.24, 2.45) is 0 Å². The number of carbonyl (C=O) groups excluding carboxylic acids is 1. The second-order valence-corrected chi connectivity index (χ2v) is 5.16. The molecule has 4 heteroatoms. The van der Waals surface area contributed by atoms with Crippen molar-refractivity contribution >= 4 is 6.03 Å². The molecule has 1 aromatic carbocycles. The summed E-state index contributed by atoms with van der Waals surface area (Å²) in [5.74, 6) is 0.614. The lowest BCUT2D eigenvalue weighted by Gasteiger charge is -2.25. The van der Waals surface area contributed by atoms with Crippen LogP contribution in [0.3, 0.4) is 0 Å². The van der Waals surface area contributed by atoms with Crippen molar-refractivity contribution in [2.75, 3.05) is 20.1 Å². The number of urea groups is 1. The Kier molecular flexibility index (Phi) is 7.83. The second-order valence-electron chi connectivity index (χ2n) is 5.16. The molecule has 4 nitrogen and oxygen atoms in total. The highest BCUT2D eigenvalue weighted by atomic mass is 16.2. The molecule has 0 aromatic heterocycles. The maximum atomic E-state index is 11.3. The van der Waals surface area contributed by atoms with E-state index in [-0.39, 0.29) is 6.03 Å². The summed E-state index contributed by atoms with van der Waals surface area (Å²) in [7, 11) is 1.64. The van der Waals surface area contributed by atoms with Gasteiger partial charge < -0.3 is 16.0 Å². The highest BCUT2D eigenvalue weighted by Crippen LogP contribution is 2.28. The first-order chi connectivity index (χ1) is 10.2. The van der Waals surface area contributed by atoms with Gasteiger partial charge in [-0.25, -0.2) is 4.79 Å². The van der Waals surface area contributed by atoms with Gasteiger partial charge in [0.05, 0.1) is 0 Å². The van der Waals surface area contributed by atoms with E-state index in [0.717, 1.165) is 13.1 Å². The topological polar surface area (TPSA) is 53.2 Å². The van der Waals surface area contributed by atoms with Gasteiger partial charge in [-0.2, -0.15) is 0 Å². The normalized spacial score (nSPS) is 14.9. The maximum Gasteiger partial charge on any atom is 0.314 e. The molecule has 0 saturated carbocycles. The largest absolute Gasteiger partial charge is 0.341 e. The quantitative estimate of drug-likeness (QED) is 0.802. The van der Waals surface area contributed by atoms with Crippen molar-refractivity contribution in [1.29, 1.82) is 0 Å². The number of rotatable bonds is 3. The number of amides is 2. The van der Waals surface area contributed by atoms with Crippen molar-refractivity contribution in [2.45, 2.75) is 46.1 Å². The predicted molar refractivity (Wildman–Crippen MR) is 88.7 cm³/mol. The van der Waals surface area contributed by atoms with Gasteiger partial charge in [0, 0.05) is 13.6 Å². The fourth-order valence-corrected chi connectivity index (χ4v) is 2.68. The lowest BCUT2D eigenvalue weighted by molar-refractivity contribution is 0.242. The minimum Gasteiger partial charge on any atom is -0.341 e. The van der Waals surface area contributed by atoms with Crippen LogP contribution in [0.1, 0.15) is 49.3 Å². The lowest BCUT2D eigenvalue weighted by Crippen LogP contribution is -2.33. The Bertz CT molecular complexity index is 440. The molecule has 1 aliphatic rings. The van der Waals surface area contributed by atoms with Gasteiger partial charge in [-0.05, 0) is 49.9 Å². The maximum absolute atomic E-state index is 11.3. The predicted octanol–water partition coefficient (Wildman–Crippen LogP) is 2.92. The minimum atomic E-state index is -0.127. The average Bonchev–Trinajstić information content (AvgIpc) is 2.55. The standard InChI is InChI=1S/C15H23N3O.C2H6/c1-11-3-4-14(12-5-7-17-8-6-12)13(9-11)10-18-15(19)16-2;1-2/h3-4,9,12,17H,5-8,10H2,1-2H3,(H2,16,18,19);1-2H3. The highest BCUT2D eigenvalue weighted by molar-refractivity contribution is 5.73. The smallest absolute Gasteiger partial charge is 0.314 e. The van der Waals surface area contributed by atoms with Crippen molar-refractivity contribution in [3.8, 4) is 0 Å². The van der Waals surface area contributed by atoms with E-state index in [1.807, 2.05) is 13.8 Å². The van der Waals surface area contributed by atoms with Crippen LogP contribution in [0.2, 0.25) is 0 Å². The first kappa shape index (κ1) is 17.5. The van der Waals surface area contributed by atoms with Crippen LogP contribution in [0.25, 0.3) is 0 Å². The van der Waals surface area contributed by atoms with E-state index < -0.39 is 0 Å². The molecule has 0 radical (unpaired) electrons. The fraction of sp³-hybridized carbons (Fsp3) is 0.588. The summed E-state index contributed by atoms with van der Waals surface area (Å²) in [6.07, 6.45) is 2.35. The van der Waals surface area contributed by atoms with Gasteiger partial charge in [-0.1, -0.05) is 37.6 Å². The number of nitrogens with one attached hydrogen (secondary N) is 3. The van der Waals surface area contributed by atoms with E-state index >= 15 is 0 Å². The molecule has 0 spiro atoms. The van der Waals surface area contributed by atoms with E-state index in [1.54, 1.807) is 7.05 Å². The summed E-state index contributed by atoms with van der Waals surface area (Å²) < 4.78 is 0. The van der Waals surface area contributed by atoms with E-state index in [1.165, 1.54) is 29.5 Å². The van der Waals surface area contributed by atoms with Crippen molar-refractivity contribution < 1.29 is 4.79 Å². The van der Waals surface area contributed by atoms with Gasteiger partial charge >= 0.3 is 6.03 Å². The van der Waals surface area contributed by atoms with Gasteiger partial charge in [0.2, 0.25) is 0 Å². The van der Waals surface area contributed by atoms with Gasteiger partial charge in [-0.3, -0.25) is 0 Å². The third-order valence-electron chi connectivity index (χ3n) is 3.74. The molecule has 1 saturated heterocycles. The third kappa shape index (κ3) is 5.38. The number of carbonyl (C=O) groups is 1. The number of hydrogen-bond donors (Lipinski definition) is 3. The Morgan fingerprint density at radius 3 is 2.57 bits per heavy atom. The summed E-state index contributed by atoms with van der Waals surface area (Å²) in [5.41, 5.74) is 3.88. The summed E-state index contributed by atoms with van der Waals surface area (Å²) in [6.45, 7) is 8.86. The number of benzene rings is 1. The lowest BCUT2D eigenvalue weighted by atomic mass is 9.86. The second kappa shape index (κ2) is 9.40. The Balaban J connectivity index is 0.00000106. The van der Waals surface area contributed by atoms with Gasteiger partial charge in [0.15, 0.2) is 0 Å². The van der Waals surface area contributed by atoms with Crippen LogP contribution in [0, 0.1) is 6.92 Å². The van der Waals surface area contributed by atoms with Crippen LogP contribution in [0.4, 0.5) is 4.79 Å². The van der Waals surface area contributed by atoms with Gasteiger partial charge in [-0.15, -0.1) is 0 Å². The molecule has 21 heavy (non-hydrogen) atoms. The molecule has 0 atom stereocenters. The molecular formula is C17H29N3O. The number of piperidine rings is 1. The minimum absolute atomic E-state index is 0.127. The first-order valence-corrected chi connectivity index (χ1v) is 7.96. The zero-order valence-electron chi connectivity index (χ0n) is 13.8. The zero-order valence-corrected chi connectivity index (χ0v) is 13.8. The highest BCUT2D eigenvalue weighted by Gasteiger charge is 2.18. The van der Waals surface area contributed by atoms with E-state index in [4.69, 9.17) is 0 Å². The van der Waals surface area contributed by atoms with Crippen LogP contribution < -0.4 is 16.0 Å². The molecule has 1 aliphatic heterocycles. The van der Waals surface area contributed by atoms with E-state index in [9.17, 15) is 4.79 Å². The number of aryl methyl sites for hydroxylation is 1. The summed E-state index contributed by atoms with van der Waals surface area (Å²) in [4.78, 5) is 11.3. The van der Waals surface area contributed by atoms with E-state index in [2.05, 4.69) is 41.1 Å². The van der Waals surface area contributed by atoms with Crippen LogP contribution in [0.5, 0.6) is 0 Å². The number of hydrogen-bond acceptors (Lipinski definition) is 2. The van der Waals surface area contributed by atoms with E-state index in [0.29, 0.717) is 12.5 Å². The van der Waals surface area contributed by atoms with Crippen molar-refractivity contribution in [3.63, 3.8) is 0 Å². The molecule has 1 fully saturated rings. The average molecular weight is 291 g/mol. The fourth-order valence-electron chi connectivity index (χ4n) is 2.68. The molecule has 3 N–H and O–H groups in total. The van der Waals surface area contributed by atoms with Crippen molar-refractivity contribution in [3.05, 3.63) is 34.9 Å². The van der Waals surface area contributed by atoms with Crippen LogP contribution in [-0.4, -0.2) is 26.2 Å². The molecule has 1 heterocycles. The Morgan fingerprint density at radius 2 is 1.95 bits per heavy atom. The monoisotopic (exact) mass is 291 g/mol.